The van der Waals surface area contributed by atoms with Gasteiger partial charge in [-0.1, -0.05) is 24.6 Å². The van der Waals surface area contributed by atoms with E-state index in [1.54, 1.807) is 18.2 Å². The summed E-state index contributed by atoms with van der Waals surface area (Å²) in [7, 11) is 0. The van der Waals surface area contributed by atoms with Gasteiger partial charge in [0.15, 0.2) is 23.1 Å². The molecular formula is C24H29ClF2N2O3. The molecule has 1 amide bonds. The van der Waals surface area contributed by atoms with Gasteiger partial charge in [0, 0.05) is 31.2 Å². The van der Waals surface area contributed by atoms with Crippen LogP contribution in [0.2, 0.25) is 5.02 Å². The van der Waals surface area contributed by atoms with Crippen LogP contribution in [0.5, 0.6) is 11.5 Å². The van der Waals surface area contributed by atoms with Crippen LogP contribution in [0.3, 0.4) is 0 Å². The molecule has 1 N–H and O–H groups in total. The Morgan fingerprint density at radius 1 is 1.12 bits per heavy atom. The number of carbonyl (C=O) groups excluding carboxylic acids is 1. The van der Waals surface area contributed by atoms with Crippen molar-refractivity contribution in [2.24, 2.45) is 0 Å². The van der Waals surface area contributed by atoms with Gasteiger partial charge in [-0.2, -0.15) is 0 Å². The van der Waals surface area contributed by atoms with Gasteiger partial charge in [0.25, 0.3) is 5.91 Å². The van der Waals surface area contributed by atoms with Crippen molar-refractivity contribution >= 4 is 17.5 Å². The van der Waals surface area contributed by atoms with E-state index in [2.05, 4.69) is 10.2 Å². The van der Waals surface area contributed by atoms with Crippen LogP contribution in [-0.2, 0) is 6.54 Å². The normalized spacial score (nSPS) is 14.9. The maximum atomic E-state index is 13.4. The number of carbonyl (C=O) groups is 1. The molecule has 3 rings (SSSR count). The fourth-order valence-electron chi connectivity index (χ4n) is 3.71. The summed E-state index contributed by atoms with van der Waals surface area (Å²) in [6.45, 7) is 6.84. The molecule has 1 heterocycles. The predicted molar refractivity (Wildman–Crippen MR) is 121 cm³/mol. The van der Waals surface area contributed by atoms with E-state index in [1.807, 2.05) is 13.8 Å². The molecule has 0 radical (unpaired) electrons. The number of ether oxygens (including phenoxy) is 2. The first kappa shape index (κ1) is 24.3. The molecule has 174 valence electrons. The van der Waals surface area contributed by atoms with Gasteiger partial charge in [0.05, 0.1) is 18.2 Å². The molecule has 0 atom stereocenters. The van der Waals surface area contributed by atoms with E-state index in [0.717, 1.165) is 44.0 Å². The van der Waals surface area contributed by atoms with Crippen molar-refractivity contribution in [1.82, 2.24) is 10.2 Å². The maximum absolute atomic E-state index is 13.4. The number of benzene rings is 2. The summed E-state index contributed by atoms with van der Waals surface area (Å²) in [5.74, 6) is -0.972. The molecule has 0 aromatic heterocycles. The fourth-order valence-corrected chi connectivity index (χ4v) is 3.97. The maximum Gasteiger partial charge on any atom is 0.251 e. The monoisotopic (exact) mass is 466 g/mol. The second-order valence-electron chi connectivity index (χ2n) is 7.84. The molecule has 5 nitrogen and oxygen atoms in total. The third kappa shape index (κ3) is 6.33. The topological polar surface area (TPSA) is 50.8 Å². The molecule has 0 unspecified atom stereocenters. The highest BCUT2D eigenvalue weighted by Crippen LogP contribution is 2.37. The van der Waals surface area contributed by atoms with Gasteiger partial charge in [-0.15, -0.1) is 0 Å². The number of amides is 1. The van der Waals surface area contributed by atoms with Crippen molar-refractivity contribution in [1.29, 1.82) is 0 Å². The molecule has 0 spiro atoms. The Bertz CT molecular complexity index is 934. The van der Waals surface area contributed by atoms with Gasteiger partial charge < -0.3 is 14.8 Å². The van der Waals surface area contributed by atoms with Crippen molar-refractivity contribution in [3.05, 3.63) is 58.1 Å². The number of likely N-dealkylation sites (tertiary alicyclic amines) is 1. The Balaban J connectivity index is 1.57. The number of hydrogen-bond acceptors (Lipinski definition) is 4. The molecule has 1 saturated heterocycles. The largest absolute Gasteiger partial charge is 0.490 e. The van der Waals surface area contributed by atoms with Crippen molar-refractivity contribution < 1.29 is 23.0 Å². The molecule has 0 saturated carbocycles. The van der Waals surface area contributed by atoms with Crippen LogP contribution >= 0.6 is 11.6 Å². The van der Waals surface area contributed by atoms with E-state index in [1.165, 1.54) is 6.07 Å². The van der Waals surface area contributed by atoms with Crippen LogP contribution in [0.15, 0.2) is 30.3 Å². The number of halogens is 3. The minimum absolute atomic E-state index is 0.0223. The first-order valence-corrected chi connectivity index (χ1v) is 11.3. The summed E-state index contributed by atoms with van der Waals surface area (Å²) in [5.41, 5.74) is 1.15. The van der Waals surface area contributed by atoms with Gasteiger partial charge in [-0.3, -0.25) is 9.69 Å². The van der Waals surface area contributed by atoms with Gasteiger partial charge >= 0.3 is 0 Å². The molecule has 2 aromatic rings. The second-order valence-corrected chi connectivity index (χ2v) is 8.25. The summed E-state index contributed by atoms with van der Waals surface area (Å²) >= 11 is 6.37. The van der Waals surface area contributed by atoms with E-state index in [4.69, 9.17) is 21.1 Å². The van der Waals surface area contributed by atoms with Gasteiger partial charge in [0.1, 0.15) is 0 Å². The Kier molecular flexibility index (Phi) is 8.70. The summed E-state index contributed by atoms with van der Waals surface area (Å²) < 4.78 is 37.9. The summed E-state index contributed by atoms with van der Waals surface area (Å²) in [5, 5.41) is 3.41. The summed E-state index contributed by atoms with van der Waals surface area (Å²) in [6, 6.07) is 7.26. The molecule has 2 aromatic carbocycles. The van der Waals surface area contributed by atoms with Crippen LogP contribution in [0.4, 0.5) is 8.78 Å². The molecular weight excluding hydrogens is 438 g/mol. The highest BCUT2D eigenvalue weighted by atomic mass is 35.5. The van der Waals surface area contributed by atoms with Crippen molar-refractivity contribution in [3.63, 3.8) is 0 Å². The number of hydrogen-bond donors (Lipinski definition) is 1. The molecule has 0 bridgehead atoms. The zero-order valence-corrected chi connectivity index (χ0v) is 19.2. The van der Waals surface area contributed by atoms with E-state index >= 15 is 0 Å². The highest BCUT2D eigenvalue weighted by Gasteiger charge is 2.23. The lowest BCUT2D eigenvalue weighted by Gasteiger charge is -2.32. The number of piperidine rings is 1. The van der Waals surface area contributed by atoms with E-state index in [9.17, 15) is 13.6 Å². The summed E-state index contributed by atoms with van der Waals surface area (Å²) in [6.07, 6.45) is 2.36. The van der Waals surface area contributed by atoms with Crippen LogP contribution < -0.4 is 14.8 Å². The third-order valence-electron chi connectivity index (χ3n) is 5.34. The lowest BCUT2D eigenvalue weighted by atomic mass is 10.0. The zero-order chi connectivity index (χ0) is 23.1. The lowest BCUT2D eigenvalue weighted by Crippen LogP contribution is -2.44. The Labute approximate surface area is 192 Å². The van der Waals surface area contributed by atoms with Gasteiger partial charge in [-0.25, -0.2) is 8.78 Å². The van der Waals surface area contributed by atoms with E-state index in [-0.39, 0.29) is 11.9 Å². The predicted octanol–water partition coefficient (Wildman–Crippen LogP) is 5.20. The quantitative estimate of drug-likeness (QED) is 0.552. The molecule has 0 aliphatic carbocycles. The van der Waals surface area contributed by atoms with Crippen LogP contribution in [0.25, 0.3) is 0 Å². The number of rotatable bonds is 9. The highest BCUT2D eigenvalue weighted by molar-refractivity contribution is 6.32. The van der Waals surface area contributed by atoms with E-state index in [0.29, 0.717) is 41.8 Å². The Hall–Kier alpha value is -2.38. The Morgan fingerprint density at radius 2 is 1.88 bits per heavy atom. The van der Waals surface area contributed by atoms with Crippen LogP contribution in [0.1, 0.15) is 49.0 Å². The zero-order valence-electron chi connectivity index (χ0n) is 18.4. The molecule has 1 fully saturated rings. The van der Waals surface area contributed by atoms with Crippen molar-refractivity contribution in [2.75, 3.05) is 26.3 Å². The molecule has 1 aliphatic rings. The first-order chi connectivity index (χ1) is 15.4. The number of nitrogens with one attached hydrogen (secondary N) is 1. The molecule has 1 aliphatic heterocycles. The Morgan fingerprint density at radius 3 is 2.53 bits per heavy atom. The average Bonchev–Trinajstić information content (AvgIpc) is 2.77. The second kappa shape index (κ2) is 11.5. The van der Waals surface area contributed by atoms with Crippen LogP contribution in [0, 0.1) is 11.6 Å². The third-order valence-corrected chi connectivity index (χ3v) is 5.62. The standard InChI is InChI=1S/C24H29ClF2N2O3/c1-3-11-32-23-19(25)13-17(14-22(23)31-4-2)24(30)28-18-7-9-29(10-8-18)15-16-5-6-20(26)21(27)12-16/h5-6,12-14,18H,3-4,7-11,15H2,1-2H3,(H,28,30). The lowest BCUT2D eigenvalue weighted by molar-refractivity contribution is 0.0908. The van der Waals surface area contributed by atoms with Crippen molar-refractivity contribution in [3.8, 4) is 11.5 Å². The SMILES string of the molecule is CCCOc1c(Cl)cc(C(=O)NC2CCN(Cc3ccc(F)c(F)c3)CC2)cc1OCC. The average molecular weight is 467 g/mol. The molecule has 32 heavy (non-hydrogen) atoms. The summed E-state index contributed by atoms with van der Waals surface area (Å²) in [4.78, 5) is 15.0. The van der Waals surface area contributed by atoms with Gasteiger partial charge in [0.2, 0.25) is 0 Å². The van der Waals surface area contributed by atoms with Crippen molar-refractivity contribution in [2.45, 2.75) is 45.7 Å². The molecule has 8 heteroatoms. The first-order valence-electron chi connectivity index (χ1n) is 11.0. The fraction of sp³-hybridized carbons (Fsp3) is 0.458. The smallest absolute Gasteiger partial charge is 0.251 e. The van der Waals surface area contributed by atoms with Crippen LogP contribution in [-0.4, -0.2) is 43.2 Å². The number of nitrogens with zero attached hydrogens (tertiary/aromatic N) is 1. The van der Waals surface area contributed by atoms with Gasteiger partial charge in [-0.05, 0) is 56.0 Å². The minimum Gasteiger partial charge on any atom is -0.490 e. The van der Waals surface area contributed by atoms with E-state index < -0.39 is 11.6 Å². The minimum atomic E-state index is -0.840.